The molecule has 1 aliphatic carbocycles. The molecular formula is C18H24O2. The van der Waals surface area contributed by atoms with Crippen LogP contribution in [0.25, 0.3) is 0 Å². The first-order valence-electron chi connectivity index (χ1n) is 7.37. The van der Waals surface area contributed by atoms with Crippen LogP contribution in [-0.2, 0) is 6.42 Å². The summed E-state index contributed by atoms with van der Waals surface area (Å²) in [6.07, 6.45) is 7.97. The summed E-state index contributed by atoms with van der Waals surface area (Å²) in [5, 5.41) is 20.4. The fourth-order valence-electron chi connectivity index (χ4n) is 3.22. The van der Waals surface area contributed by atoms with E-state index < -0.39 is 0 Å². The lowest BCUT2D eigenvalue weighted by Gasteiger charge is -2.33. The van der Waals surface area contributed by atoms with Crippen molar-refractivity contribution in [3.8, 4) is 5.75 Å². The normalized spacial score (nSPS) is 26.1. The Hall–Kier alpha value is -1.54. The highest BCUT2D eigenvalue weighted by Gasteiger charge is 2.31. The number of phenols is 1. The molecule has 3 atom stereocenters. The molecule has 0 bridgehead atoms. The second-order valence-electron chi connectivity index (χ2n) is 5.76. The number of aliphatic hydroxyl groups is 1. The minimum atomic E-state index is -0.360. The molecule has 2 N–H and O–H groups in total. The van der Waals surface area contributed by atoms with Gasteiger partial charge in [0.25, 0.3) is 0 Å². The van der Waals surface area contributed by atoms with E-state index in [1.165, 1.54) is 0 Å². The Bertz CT molecular complexity index is 478. The Balaban J connectivity index is 2.25. The molecule has 0 amide bonds. The predicted octanol–water partition coefficient (Wildman–Crippen LogP) is 3.94. The molecule has 0 heterocycles. The molecule has 0 aromatic heterocycles. The van der Waals surface area contributed by atoms with Crippen LogP contribution in [0, 0.1) is 5.92 Å². The Morgan fingerprint density at radius 1 is 1.20 bits per heavy atom. The number of aliphatic hydroxyl groups excluding tert-OH is 1. The summed E-state index contributed by atoms with van der Waals surface area (Å²) in [5.41, 5.74) is 2.01. The van der Waals surface area contributed by atoms with Gasteiger partial charge in [0.15, 0.2) is 0 Å². The maximum absolute atomic E-state index is 10.3. The van der Waals surface area contributed by atoms with E-state index in [0.29, 0.717) is 11.7 Å². The van der Waals surface area contributed by atoms with Crippen LogP contribution < -0.4 is 0 Å². The first-order valence-corrected chi connectivity index (χ1v) is 7.37. The average molecular weight is 272 g/mol. The molecule has 1 saturated carbocycles. The maximum Gasteiger partial charge on any atom is 0.119 e. The van der Waals surface area contributed by atoms with E-state index in [9.17, 15) is 10.2 Å². The molecule has 0 spiro atoms. The van der Waals surface area contributed by atoms with Gasteiger partial charge in [0, 0.05) is 5.92 Å². The first-order chi connectivity index (χ1) is 9.65. The lowest BCUT2D eigenvalue weighted by atomic mass is 9.74. The Kier molecular flexibility index (Phi) is 5.02. The van der Waals surface area contributed by atoms with Gasteiger partial charge < -0.3 is 10.2 Å². The summed E-state index contributed by atoms with van der Waals surface area (Å²) < 4.78 is 0. The van der Waals surface area contributed by atoms with Gasteiger partial charge in [0.2, 0.25) is 0 Å². The minimum Gasteiger partial charge on any atom is -0.508 e. The van der Waals surface area contributed by atoms with Crippen LogP contribution in [0.15, 0.2) is 43.5 Å². The third kappa shape index (κ3) is 3.31. The zero-order chi connectivity index (χ0) is 14.5. The van der Waals surface area contributed by atoms with E-state index >= 15 is 0 Å². The fraction of sp³-hybridized carbons (Fsp3) is 0.444. The number of aromatic hydroxyl groups is 1. The number of rotatable bonds is 5. The molecule has 2 rings (SSSR count). The van der Waals surface area contributed by atoms with Gasteiger partial charge in [-0.15, -0.1) is 13.2 Å². The molecule has 0 radical (unpaired) electrons. The highest BCUT2D eigenvalue weighted by Crippen LogP contribution is 2.41. The van der Waals surface area contributed by atoms with Gasteiger partial charge in [-0.25, -0.2) is 0 Å². The molecular weight excluding hydrogens is 248 g/mol. The van der Waals surface area contributed by atoms with Crippen LogP contribution in [0.3, 0.4) is 0 Å². The number of benzene rings is 1. The van der Waals surface area contributed by atoms with Gasteiger partial charge in [-0.05, 0) is 55.2 Å². The van der Waals surface area contributed by atoms with Crippen molar-refractivity contribution in [3.63, 3.8) is 0 Å². The van der Waals surface area contributed by atoms with Crippen molar-refractivity contribution in [3.05, 3.63) is 54.6 Å². The minimum absolute atomic E-state index is 0.0264. The number of hydrogen-bond donors (Lipinski definition) is 2. The Labute approximate surface area is 121 Å². The van der Waals surface area contributed by atoms with Crippen LogP contribution in [0.5, 0.6) is 5.75 Å². The van der Waals surface area contributed by atoms with Gasteiger partial charge in [0.1, 0.15) is 5.75 Å². The van der Waals surface area contributed by atoms with E-state index in [4.69, 9.17) is 0 Å². The molecule has 3 unspecified atom stereocenters. The summed E-state index contributed by atoms with van der Waals surface area (Å²) in [5.74, 6) is 0.878. The van der Waals surface area contributed by atoms with Crippen molar-refractivity contribution in [2.45, 2.75) is 44.1 Å². The van der Waals surface area contributed by atoms with Crippen LogP contribution >= 0.6 is 0 Å². The number of hydrogen-bond acceptors (Lipinski definition) is 2. The van der Waals surface area contributed by atoms with Crippen molar-refractivity contribution < 1.29 is 10.2 Å². The fourth-order valence-corrected chi connectivity index (χ4v) is 3.22. The third-order valence-electron chi connectivity index (χ3n) is 4.29. The van der Waals surface area contributed by atoms with Crippen molar-refractivity contribution in [2.24, 2.45) is 5.92 Å². The molecule has 0 saturated heterocycles. The van der Waals surface area contributed by atoms with Crippen LogP contribution in [0.1, 0.15) is 42.7 Å². The maximum atomic E-state index is 10.3. The van der Waals surface area contributed by atoms with E-state index in [0.717, 1.165) is 43.2 Å². The zero-order valence-electron chi connectivity index (χ0n) is 12.0. The molecule has 1 aromatic carbocycles. The Morgan fingerprint density at radius 2 is 2.00 bits per heavy atom. The summed E-state index contributed by atoms with van der Waals surface area (Å²) in [6, 6.07) is 5.66. The van der Waals surface area contributed by atoms with E-state index in [1.807, 2.05) is 24.3 Å². The monoisotopic (exact) mass is 272 g/mol. The van der Waals surface area contributed by atoms with Crippen molar-refractivity contribution in [1.82, 2.24) is 0 Å². The molecule has 2 nitrogen and oxygen atoms in total. The van der Waals surface area contributed by atoms with Crippen LogP contribution in [0.2, 0.25) is 0 Å². The lowest BCUT2D eigenvalue weighted by Crippen LogP contribution is -2.27. The molecule has 20 heavy (non-hydrogen) atoms. The quantitative estimate of drug-likeness (QED) is 0.797. The topological polar surface area (TPSA) is 40.5 Å². The zero-order valence-corrected chi connectivity index (χ0v) is 12.0. The van der Waals surface area contributed by atoms with E-state index in [1.54, 1.807) is 6.07 Å². The highest BCUT2D eigenvalue weighted by atomic mass is 16.3. The largest absolute Gasteiger partial charge is 0.508 e. The highest BCUT2D eigenvalue weighted by molar-refractivity contribution is 5.40. The van der Waals surface area contributed by atoms with Crippen molar-refractivity contribution in [2.75, 3.05) is 0 Å². The smallest absolute Gasteiger partial charge is 0.119 e. The lowest BCUT2D eigenvalue weighted by molar-refractivity contribution is 0.0837. The molecule has 0 aliphatic heterocycles. The second kappa shape index (κ2) is 6.76. The summed E-state index contributed by atoms with van der Waals surface area (Å²) >= 11 is 0. The Morgan fingerprint density at radius 3 is 2.70 bits per heavy atom. The molecule has 1 aromatic rings. The molecule has 2 heteroatoms. The summed E-state index contributed by atoms with van der Waals surface area (Å²) in [6.45, 7) is 7.55. The van der Waals surface area contributed by atoms with Gasteiger partial charge in [0.05, 0.1) is 6.10 Å². The predicted molar refractivity (Wildman–Crippen MR) is 82.9 cm³/mol. The van der Waals surface area contributed by atoms with E-state index in [2.05, 4.69) is 13.2 Å². The summed E-state index contributed by atoms with van der Waals surface area (Å²) in [4.78, 5) is 0. The standard InChI is InChI=1S/C18H24O2/c1-3-5-13-7-9-17(19)15(11-13)16-12-14(6-4-2)8-10-18(16)20/h3-4,7,9,11,14,16,18-20H,1-2,5-6,8,10,12H2. The van der Waals surface area contributed by atoms with Gasteiger partial charge >= 0.3 is 0 Å². The van der Waals surface area contributed by atoms with Crippen LogP contribution in [0.4, 0.5) is 0 Å². The van der Waals surface area contributed by atoms with Gasteiger partial charge in [-0.2, -0.15) is 0 Å². The number of allylic oxidation sites excluding steroid dienone is 2. The van der Waals surface area contributed by atoms with Crippen molar-refractivity contribution >= 4 is 0 Å². The summed E-state index contributed by atoms with van der Waals surface area (Å²) in [7, 11) is 0. The van der Waals surface area contributed by atoms with Gasteiger partial charge in [-0.1, -0.05) is 24.3 Å². The third-order valence-corrected chi connectivity index (χ3v) is 4.29. The molecule has 1 fully saturated rings. The van der Waals surface area contributed by atoms with Crippen molar-refractivity contribution in [1.29, 1.82) is 0 Å². The second-order valence-corrected chi connectivity index (χ2v) is 5.76. The van der Waals surface area contributed by atoms with E-state index in [-0.39, 0.29) is 12.0 Å². The average Bonchev–Trinajstić information content (AvgIpc) is 2.44. The van der Waals surface area contributed by atoms with Crippen LogP contribution in [-0.4, -0.2) is 16.3 Å². The molecule has 108 valence electrons. The first kappa shape index (κ1) is 14.9. The molecule has 1 aliphatic rings. The number of phenolic OH excluding ortho intramolecular Hbond substituents is 1. The SMILES string of the molecule is C=CCc1ccc(O)c(C2CC(CC=C)CCC2O)c1. The van der Waals surface area contributed by atoms with Gasteiger partial charge in [-0.3, -0.25) is 0 Å².